The van der Waals surface area contributed by atoms with Crippen LogP contribution in [-0.2, 0) is 38.2 Å². The summed E-state index contributed by atoms with van der Waals surface area (Å²) in [6.07, 6.45) is 12.9. The summed E-state index contributed by atoms with van der Waals surface area (Å²) in [4.78, 5) is 72.3. The van der Waals surface area contributed by atoms with Crippen molar-refractivity contribution in [2.75, 3.05) is 26.4 Å². The number of hydrogen-bond acceptors (Lipinski definition) is 11. The lowest BCUT2D eigenvalue weighted by atomic mass is 9.98. The van der Waals surface area contributed by atoms with E-state index in [9.17, 15) is 28.8 Å². The van der Waals surface area contributed by atoms with Gasteiger partial charge >= 0.3 is 17.9 Å². The van der Waals surface area contributed by atoms with E-state index in [1.165, 1.54) is 23.1 Å². The second-order valence-electron chi connectivity index (χ2n) is 11.9. The Hall–Kier alpha value is -5.26. The highest BCUT2D eigenvalue weighted by Gasteiger charge is 2.24. The molecule has 12 heteroatoms. The zero-order valence-electron chi connectivity index (χ0n) is 28.1. The maximum absolute atomic E-state index is 12.3. The number of rotatable bonds is 20. The molecule has 1 fully saturated rings. The number of unbranched alkanes of at least 4 members (excludes halogenated alkanes) is 3. The fourth-order valence-corrected chi connectivity index (χ4v) is 5.26. The van der Waals surface area contributed by atoms with Crippen LogP contribution in [0.25, 0.3) is 6.08 Å². The normalized spacial score (nSPS) is 14.5. The third-order valence-electron chi connectivity index (χ3n) is 7.95. The molecule has 0 unspecified atom stereocenters. The first-order chi connectivity index (χ1) is 24.3. The van der Waals surface area contributed by atoms with Crippen molar-refractivity contribution in [3.05, 3.63) is 72.3 Å². The van der Waals surface area contributed by atoms with Crippen LogP contribution in [0.2, 0.25) is 0 Å². The van der Waals surface area contributed by atoms with Crippen molar-refractivity contribution in [3.63, 3.8) is 0 Å². The van der Waals surface area contributed by atoms with Crippen molar-refractivity contribution >= 4 is 41.6 Å². The summed E-state index contributed by atoms with van der Waals surface area (Å²) in [5.74, 6) is -2.08. The highest BCUT2D eigenvalue weighted by molar-refractivity contribution is 6.36. The van der Waals surface area contributed by atoms with Crippen molar-refractivity contribution < 1.29 is 52.5 Å². The summed E-state index contributed by atoms with van der Waals surface area (Å²) in [7, 11) is 0. The molecule has 2 aromatic carbocycles. The topological polar surface area (TPSA) is 152 Å². The zero-order valence-corrected chi connectivity index (χ0v) is 28.1. The quantitative estimate of drug-likeness (QED) is 0.0338. The Morgan fingerprint density at radius 1 is 0.700 bits per heavy atom. The number of nitrogens with zero attached hydrogens (tertiary/aromatic N) is 1. The van der Waals surface area contributed by atoms with Crippen LogP contribution >= 0.6 is 0 Å². The Kier molecular flexibility index (Phi) is 15.2. The summed E-state index contributed by atoms with van der Waals surface area (Å²) in [6.45, 7) is 1.22. The summed E-state index contributed by atoms with van der Waals surface area (Å²) in [5, 5.41) is 0. The minimum atomic E-state index is -1.00. The van der Waals surface area contributed by atoms with E-state index in [0.717, 1.165) is 56.9 Å². The molecule has 4 rings (SSSR count). The van der Waals surface area contributed by atoms with Crippen molar-refractivity contribution in [2.24, 2.45) is 0 Å². The minimum absolute atomic E-state index is 0.106. The lowest BCUT2D eigenvalue weighted by Gasteiger charge is -2.21. The van der Waals surface area contributed by atoms with Gasteiger partial charge in [0, 0.05) is 24.8 Å². The Bertz CT molecular complexity index is 1500. The van der Waals surface area contributed by atoms with Crippen LogP contribution in [0.1, 0.15) is 76.2 Å². The standard InChI is InChI=1S/C38H43NO11/c40-33(27-37(44)50-31-9-4-3-5-10-31)38(45)48-25-7-2-1-6-24-46-30-16-18-32(19-17-30)49-36(43)22-13-28-11-14-29(15-12-28)47-26-8-23-39-34(41)20-21-35(39)42/h11-22,31H,1-10,23-27H2/b22-13+. The fourth-order valence-electron chi connectivity index (χ4n) is 5.26. The highest BCUT2D eigenvalue weighted by atomic mass is 16.6. The molecule has 1 saturated carbocycles. The molecule has 0 atom stereocenters. The second kappa shape index (κ2) is 20.3. The predicted octanol–water partition coefficient (Wildman–Crippen LogP) is 5.32. The molecule has 2 aliphatic rings. The summed E-state index contributed by atoms with van der Waals surface area (Å²) in [6, 6.07) is 13.8. The average molecular weight is 690 g/mol. The van der Waals surface area contributed by atoms with Gasteiger partial charge in [-0.25, -0.2) is 9.59 Å². The molecule has 0 bridgehead atoms. The number of esters is 3. The monoisotopic (exact) mass is 689 g/mol. The van der Waals surface area contributed by atoms with Crippen molar-refractivity contribution in [2.45, 2.75) is 76.7 Å². The van der Waals surface area contributed by atoms with E-state index >= 15 is 0 Å². The number of carbonyl (C=O) groups is 6. The molecule has 1 aliphatic heterocycles. The van der Waals surface area contributed by atoms with Crippen molar-refractivity contribution in [3.8, 4) is 17.2 Å². The summed E-state index contributed by atoms with van der Waals surface area (Å²) in [5.41, 5.74) is 0.775. The first kappa shape index (κ1) is 37.6. The molecule has 2 amide bonds. The van der Waals surface area contributed by atoms with Gasteiger partial charge in [0.1, 0.15) is 29.8 Å². The van der Waals surface area contributed by atoms with E-state index < -0.39 is 30.1 Å². The summed E-state index contributed by atoms with van der Waals surface area (Å²) < 4.78 is 27.0. The van der Waals surface area contributed by atoms with Crippen molar-refractivity contribution in [1.82, 2.24) is 4.90 Å². The number of Topliss-reactive ketones (excluding diaryl/α,β-unsaturated/α-hetero) is 1. The van der Waals surface area contributed by atoms with Crippen LogP contribution < -0.4 is 14.2 Å². The Morgan fingerprint density at radius 2 is 1.28 bits per heavy atom. The number of benzene rings is 2. The van der Waals surface area contributed by atoms with Gasteiger partial charge in [0.2, 0.25) is 0 Å². The number of ether oxygens (including phenoxy) is 5. The SMILES string of the molecule is O=C(/C=C/c1ccc(OCCCN2C(=O)C=CC2=O)cc1)Oc1ccc(OCCCCCCOC(=O)C(=O)CC(=O)OC2CCCCC2)cc1. The van der Waals surface area contributed by atoms with E-state index in [2.05, 4.69) is 0 Å². The van der Waals surface area contributed by atoms with Gasteiger partial charge in [-0.1, -0.05) is 18.6 Å². The first-order valence-corrected chi connectivity index (χ1v) is 17.1. The smallest absolute Gasteiger partial charge is 0.375 e. The minimum Gasteiger partial charge on any atom is -0.494 e. The maximum atomic E-state index is 12.3. The van der Waals surface area contributed by atoms with Crippen LogP contribution in [0, 0.1) is 0 Å². The molecular weight excluding hydrogens is 646 g/mol. The molecular formula is C38H43NO11. The molecule has 0 spiro atoms. The lowest BCUT2D eigenvalue weighted by molar-refractivity contribution is -0.160. The van der Waals surface area contributed by atoms with E-state index in [-0.39, 0.29) is 24.5 Å². The maximum Gasteiger partial charge on any atom is 0.375 e. The van der Waals surface area contributed by atoms with Crippen LogP contribution in [-0.4, -0.2) is 72.9 Å². The number of imide groups is 1. The number of carbonyl (C=O) groups excluding carboxylic acids is 6. The van der Waals surface area contributed by atoms with Crippen LogP contribution in [0.3, 0.4) is 0 Å². The number of hydrogen-bond donors (Lipinski definition) is 0. The van der Waals surface area contributed by atoms with Gasteiger partial charge in [-0.15, -0.1) is 0 Å². The number of ketones is 1. The van der Waals surface area contributed by atoms with Gasteiger partial charge in [0.05, 0.1) is 19.8 Å². The van der Waals surface area contributed by atoms with Crippen LogP contribution in [0.4, 0.5) is 0 Å². The van der Waals surface area contributed by atoms with Gasteiger partial charge in [0.25, 0.3) is 17.6 Å². The Morgan fingerprint density at radius 3 is 1.94 bits per heavy atom. The zero-order chi connectivity index (χ0) is 35.6. The third-order valence-corrected chi connectivity index (χ3v) is 7.95. The third kappa shape index (κ3) is 13.3. The molecule has 2 aromatic rings. The van der Waals surface area contributed by atoms with Gasteiger partial charge in [-0.3, -0.25) is 24.1 Å². The van der Waals surface area contributed by atoms with E-state index in [1.54, 1.807) is 54.6 Å². The van der Waals surface area contributed by atoms with E-state index in [0.29, 0.717) is 49.8 Å². The first-order valence-electron chi connectivity index (χ1n) is 17.1. The largest absolute Gasteiger partial charge is 0.494 e. The van der Waals surface area contributed by atoms with Crippen molar-refractivity contribution in [1.29, 1.82) is 0 Å². The predicted molar refractivity (Wildman–Crippen MR) is 181 cm³/mol. The molecule has 1 heterocycles. The van der Waals surface area contributed by atoms with E-state index in [4.69, 9.17) is 23.7 Å². The second-order valence-corrected chi connectivity index (χ2v) is 11.9. The van der Waals surface area contributed by atoms with Gasteiger partial charge < -0.3 is 23.7 Å². The summed E-state index contributed by atoms with van der Waals surface area (Å²) >= 11 is 0. The highest BCUT2D eigenvalue weighted by Crippen LogP contribution is 2.21. The lowest BCUT2D eigenvalue weighted by Crippen LogP contribution is -2.31. The van der Waals surface area contributed by atoms with Gasteiger partial charge in [0.15, 0.2) is 0 Å². The van der Waals surface area contributed by atoms with Gasteiger partial charge in [-0.2, -0.15) is 0 Å². The molecule has 50 heavy (non-hydrogen) atoms. The van der Waals surface area contributed by atoms with Crippen LogP contribution in [0.5, 0.6) is 17.2 Å². The average Bonchev–Trinajstić information content (AvgIpc) is 3.44. The molecule has 0 saturated heterocycles. The molecule has 12 nitrogen and oxygen atoms in total. The van der Waals surface area contributed by atoms with Crippen LogP contribution in [0.15, 0.2) is 66.8 Å². The Labute approximate surface area is 291 Å². The molecule has 0 N–H and O–H groups in total. The number of amides is 2. The van der Waals surface area contributed by atoms with Gasteiger partial charge in [-0.05, 0) is 106 Å². The molecule has 0 radical (unpaired) electrons. The molecule has 266 valence electrons. The molecule has 0 aromatic heterocycles. The molecule has 1 aliphatic carbocycles. The Balaban J connectivity index is 1.01. The van der Waals surface area contributed by atoms with E-state index in [1.807, 2.05) is 0 Å². The fraction of sp³-hybridized carbons (Fsp3) is 0.421.